The molecular weight excluding hydrogens is 242 g/mol. The molecular formula is C15H25NO3. The fraction of sp³-hybridized carbons (Fsp3) is 0.733. The molecule has 1 aliphatic carbocycles. The van der Waals surface area contributed by atoms with Crippen LogP contribution in [0.1, 0.15) is 51.9 Å². The minimum atomic E-state index is -0.259. The summed E-state index contributed by atoms with van der Waals surface area (Å²) in [5, 5.41) is 0. The van der Waals surface area contributed by atoms with Gasteiger partial charge < -0.3 is 9.64 Å². The number of nitrogens with zero attached hydrogens (tertiary/aromatic N) is 1. The van der Waals surface area contributed by atoms with Gasteiger partial charge in [0, 0.05) is 19.5 Å². The Kier molecular flexibility index (Phi) is 7.23. The summed E-state index contributed by atoms with van der Waals surface area (Å²) >= 11 is 0. The molecule has 0 spiro atoms. The average Bonchev–Trinajstić information content (AvgIpc) is 2.47. The van der Waals surface area contributed by atoms with Crippen molar-refractivity contribution < 1.29 is 14.3 Å². The number of carbonyl (C=O) groups excluding carboxylic acids is 2. The first kappa shape index (κ1) is 15.7. The van der Waals surface area contributed by atoms with E-state index in [1.165, 1.54) is 31.9 Å². The van der Waals surface area contributed by atoms with Crippen LogP contribution in [0.4, 0.5) is 0 Å². The zero-order valence-electron chi connectivity index (χ0n) is 12.1. The van der Waals surface area contributed by atoms with Crippen molar-refractivity contribution in [2.75, 3.05) is 20.2 Å². The van der Waals surface area contributed by atoms with Crippen LogP contribution in [0.2, 0.25) is 0 Å². The Morgan fingerprint density at radius 3 is 2.68 bits per heavy atom. The maximum absolute atomic E-state index is 11.8. The molecule has 0 saturated carbocycles. The van der Waals surface area contributed by atoms with Crippen LogP contribution < -0.4 is 0 Å². The molecule has 0 N–H and O–H groups in total. The van der Waals surface area contributed by atoms with Gasteiger partial charge in [0.05, 0.1) is 13.5 Å². The fourth-order valence-electron chi connectivity index (χ4n) is 2.32. The van der Waals surface area contributed by atoms with E-state index >= 15 is 0 Å². The fourth-order valence-corrected chi connectivity index (χ4v) is 2.32. The van der Waals surface area contributed by atoms with E-state index in [-0.39, 0.29) is 18.3 Å². The van der Waals surface area contributed by atoms with Crippen molar-refractivity contribution >= 4 is 11.9 Å². The predicted molar refractivity (Wildman–Crippen MR) is 74.7 cm³/mol. The number of carbonyl (C=O) groups is 2. The number of hydrogen-bond acceptors (Lipinski definition) is 3. The third kappa shape index (κ3) is 5.90. The molecule has 1 rings (SSSR count). The first-order chi connectivity index (χ1) is 9.17. The summed E-state index contributed by atoms with van der Waals surface area (Å²) in [5.74, 6) is -0.147. The average molecular weight is 267 g/mol. The van der Waals surface area contributed by atoms with Gasteiger partial charge in [0.2, 0.25) is 5.91 Å². The topological polar surface area (TPSA) is 46.6 Å². The molecule has 0 atom stereocenters. The third-order valence-corrected chi connectivity index (χ3v) is 3.56. The number of allylic oxidation sites excluding steroid dienone is 1. The minimum Gasteiger partial charge on any atom is -0.469 e. The number of amides is 1. The molecule has 0 bridgehead atoms. The zero-order chi connectivity index (χ0) is 14.1. The van der Waals surface area contributed by atoms with Crippen LogP contribution in [0, 0.1) is 0 Å². The van der Waals surface area contributed by atoms with Crippen molar-refractivity contribution in [1.29, 1.82) is 0 Å². The number of hydrogen-bond donors (Lipinski definition) is 0. The van der Waals surface area contributed by atoms with Crippen LogP contribution in [-0.2, 0) is 14.3 Å². The van der Waals surface area contributed by atoms with Gasteiger partial charge in [-0.1, -0.05) is 18.6 Å². The largest absolute Gasteiger partial charge is 0.469 e. The molecule has 4 nitrogen and oxygen atoms in total. The second kappa shape index (κ2) is 8.73. The van der Waals surface area contributed by atoms with Gasteiger partial charge in [-0.25, -0.2) is 0 Å². The zero-order valence-corrected chi connectivity index (χ0v) is 12.1. The van der Waals surface area contributed by atoms with Crippen molar-refractivity contribution in [2.45, 2.75) is 51.9 Å². The minimum absolute atomic E-state index is 0.111. The Morgan fingerprint density at radius 2 is 2.11 bits per heavy atom. The van der Waals surface area contributed by atoms with Crippen LogP contribution in [0.15, 0.2) is 11.6 Å². The maximum Gasteiger partial charge on any atom is 0.307 e. The number of methoxy groups -OCH3 is 1. The molecule has 0 aromatic rings. The van der Waals surface area contributed by atoms with Crippen LogP contribution in [0.25, 0.3) is 0 Å². The molecule has 19 heavy (non-hydrogen) atoms. The second-order valence-corrected chi connectivity index (χ2v) is 4.92. The standard InChI is InChI=1S/C15H25NO3/c1-3-14(17)16(12-10-15(18)19-2)11-9-13-7-5-4-6-8-13/h7H,3-6,8-12H2,1-2H3. The summed E-state index contributed by atoms with van der Waals surface area (Å²) in [5.41, 5.74) is 1.46. The first-order valence-corrected chi connectivity index (χ1v) is 7.19. The molecule has 108 valence electrons. The van der Waals surface area contributed by atoms with E-state index in [1.54, 1.807) is 4.90 Å². The molecule has 1 aliphatic rings. The van der Waals surface area contributed by atoms with Crippen molar-refractivity contribution in [3.8, 4) is 0 Å². The quantitative estimate of drug-likeness (QED) is 0.526. The Labute approximate surface area is 115 Å². The lowest BCUT2D eigenvalue weighted by Gasteiger charge is -2.23. The van der Waals surface area contributed by atoms with Crippen LogP contribution in [0.5, 0.6) is 0 Å². The lowest BCUT2D eigenvalue weighted by Crippen LogP contribution is -2.33. The molecule has 0 heterocycles. The summed E-state index contributed by atoms with van der Waals surface area (Å²) < 4.78 is 4.62. The highest BCUT2D eigenvalue weighted by atomic mass is 16.5. The lowest BCUT2D eigenvalue weighted by molar-refractivity contribution is -0.141. The highest BCUT2D eigenvalue weighted by molar-refractivity contribution is 5.77. The van der Waals surface area contributed by atoms with Crippen LogP contribution in [-0.4, -0.2) is 37.0 Å². The number of rotatable bonds is 7. The lowest BCUT2D eigenvalue weighted by atomic mass is 9.97. The molecule has 0 unspecified atom stereocenters. The summed E-state index contributed by atoms with van der Waals surface area (Å²) in [6.45, 7) is 3.04. The van der Waals surface area contributed by atoms with Gasteiger partial charge >= 0.3 is 5.97 Å². The van der Waals surface area contributed by atoms with Crippen LogP contribution >= 0.6 is 0 Å². The van der Waals surface area contributed by atoms with E-state index in [4.69, 9.17) is 0 Å². The predicted octanol–water partition coefficient (Wildman–Crippen LogP) is 2.68. The Bertz CT molecular complexity index is 336. The van der Waals surface area contributed by atoms with Gasteiger partial charge in [0.15, 0.2) is 0 Å². The van der Waals surface area contributed by atoms with Crippen molar-refractivity contribution in [3.05, 3.63) is 11.6 Å². The molecule has 0 saturated heterocycles. The Hall–Kier alpha value is -1.32. The highest BCUT2D eigenvalue weighted by Crippen LogP contribution is 2.20. The molecule has 1 amide bonds. The summed E-state index contributed by atoms with van der Waals surface area (Å²) in [6.07, 6.45) is 8.87. The number of esters is 1. The smallest absolute Gasteiger partial charge is 0.307 e. The Morgan fingerprint density at radius 1 is 1.32 bits per heavy atom. The van der Waals surface area contributed by atoms with Crippen molar-refractivity contribution in [3.63, 3.8) is 0 Å². The van der Waals surface area contributed by atoms with Crippen LogP contribution in [0.3, 0.4) is 0 Å². The molecule has 0 aromatic heterocycles. The first-order valence-electron chi connectivity index (χ1n) is 7.19. The third-order valence-electron chi connectivity index (χ3n) is 3.56. The molecule has 0 aromatic carbocycles. The van der Waals surface area contributed by atoms with Gasteiger partial charge in [0.1, 0.15) is 0 Å². The van der Waals surface area contributed by atoms with Gasteiger partial charge in [-0.2, -0.15) is 0 Å². The van der Waals surface area contributed by atoms with Gasteiger partial charge in [-0.15, -0.1) is 0 Å². The monoisotopic (exact) mass is 267 g/mol. The van der Waals surface area contributed by atoms with E-state index in [1.807, 2.05) is 6.92 Å². The SMILES string of the molecule is CCC(=O)N(CCC(=O)OC)CCC1=CCCCC1. The van der Waals surface area contributed by atoms with Crippen molar-refractivity contribution in [1.82, 2.24) is 4.90 Å². The normalized spacial score (nSPS) is 14.7. The van der Waals surface area contributed by atoms with Gasteiger partial charge in [-0.05, 0) is 32.1 Å². The highest BCUT2D eigenvalue weighted by Gasteiger charge is 2.14. The van der Waals surface area contributed by atoms with E-state index in [9.17, 15) is 9.59 Å². The summed E-state index contributed by atoms with van der Waals surface area (Å²) in [4.78, 5) is 24.8. The number of ether oxygens (including phenoxy) is 1. The maximum atomic E-state index is 11.8. The summed E-state index contributed by atoms with van der Waals surface area (Å²) in [7, 11) is 1.38. The van der Waals surface area contributed by atoms with Gasteiger partial charge in [-0.3, -0.25) is 9.59 Å². The molecule has 0 radical (unpaired) electrons. The van der Waals surface area contributed by atoms with E-state index < -0.39 is 0 Å². The molecule has 0 fully saturated rings. The summed E-state index contributed by atoms with van der Waals surface area (Å²) in [6, 6.07) is 0. The van der Waals surface area contributed by atoms with E-state index in [0.717, 1.165) is 19.4 Å². The molecule has 0 aliphatic heterocycles. The second-order valence-electron chi connectivity index (χ2n) is 4.92. The van der Waals surface area contributed by atoms with Crippen molar-refractivity contribution in [2.24, 2.45) is 0 Å². The Balaban J connectivity index is 2.42. The van der Waals surface area contributed by atoms with Gasteiger partial charge in [0.25, 0.3) is 0 Å². The molecule has 4 heteroatoms. The van der Waals surface area contributed by atoms with E-state index in [2.05, 4.69) is 10.8 Å². The van der Waals surface area contributed by atoms with E-state index in [0.29, 0.717) is 13.0 Å².